The van der Waals surface area contributed by atoms with Crippen molar-refractivity contribution in [1.82, 2.24) is 9.78 Å². The van der Waals surface area contributed by atoms with Crippen LogP contribution in [0.25, 0.3) is 0 Å². The highest BCUT2D eigenvalue weighted by Gasteiger charge is 2.18. The first-order chi connectivity index (χ1) is 8.40. The summed E-state index contributed by atoms with van der Waals surface area (Å²) in [5, 5.41) is 3.81. The number of aryl methyl sites for hydroxylation is 1. The predicted octanol–water partition coefficient (Wildman–Crippen LogP) is 2.12. The van der Waals surface area contributed by atoms with E-state index in [9.17, 15) is 12.8 Å². The van der Waals surface area contributed by atoms with Crippen LogP contribution in [-0.2, 0) is 17.1 Å². The molecule has 0 aliphatic carbocycles. The van der Waals surface area contributed by atoms with Crippen molar-refractivity contribution in [2.75, 3.05) is 4.72 Å². The van der Waals surface area contributed by atoms with Crippen molar-refractivity contribution in [1.29, 1.82) is 0 Å². The Kier molecular flexibility index (Phi) is 3.40. The van der Waals surface area contributed by atoms with Crippen molar-refractivity contribution in [3.05, 3.63) is 40.8 Å². The van der Waals surface area contributed by atoms with Crippen LogP contribution in [-0.4, -0.2) is 18.2 Å². The molecule has 0 bridgehead atoms. The zero-order valence-electron chi connectivity index (χ0n) is 9.26. The lowest BCUT2D eigenvalue weighted by Crippen LogP contribution is -2.16. The second kappa shape index (κ2) is 4.69. The van der Waals surface area contributed by atoms with Crippen LogP contribution in [0.2, 0.25) is 0 Å². The second-order valence-corrected chi connectivity index (χ2v) is 6.01. The van der Waals surface area contributed by atoms with Gasteiger partial charge in [-0.15, -0.1) is 0 Å². The monoisotopic (exact) mass is 333 g/mol. The SMILES string of the molecule is Cn1nccc1S(=O)(=O)Nc1ccc(F)c(Br)c1. The first kappa shape index (κ1) is 13.0. The van der Waals surface area contributed by atoms with Crippen LogP contribution in [0, 0.1) is 5.82 Å². The molecule has 96 valence electrons. The van der Waals surface area contributed by atoms with Gasteiger partial charge in [-0.3, -0.25) is 9.40 Å². The standard InChI is InChI=1S/C10H9BrFN3O2S/c1-15-10(4-5-13-15)18(16,17)14-7-2-3-9(12)8(11)6-7/h2-6,14H,1H3. The third-order valence-electron chi connectivity index (χ3n) is 2.22. The molecule has 1 N–H and O–H groups in total. The minimum Gasteiger partial charge on any atom is -0.278 e. The molecule has 1 aromatic heterocycles. The normalized spacial score (nSPS) is 11.5. The number of halogens is 2. The fourth-order valence-electron chi connectivity index (χ4n) is 1.39. The lowest BCUT2D eigenvalue weighted by molar-refractivity contribution is 0.582. The summed E-state index contributed by atoms with van der Waals surface area (Å²) in [5.41, 5.74) is 0.268. The van der Waals surface area contributed by atoms with Gasteiger partial charge in [0.2, 0.25) is 0 Å². The van der Waals surface area contributed by atoms with Crippen molar-refractivity contribution in [3.63, 3.8) is 0 Å². The van der Waals surface area contributed by atoms with Crippen LogP contribution in [0.5, 0.6) is 0 Å². The molecule has 0 saturated heterocycles. The van der Waals surface area contributed by atoms with E-state index < -0.39 is 15.8 Å². The summed E-state index contributed by atoms with van der Waals surface area (Å²) in [5.74, 6) is -0.460. The van der Waals surface area contributed by atoms with Gasteiger partial charge in [0.25, 0.3) is 10.0 Å². The molecule has 8 heteroatoms. The van der Waals surface area contributed by atoms with Crippen LogP contribution in [0.15, 0.2) is 40.0 Å². The van der Waals surface area contributed by atoms with Gasteiger partial charge in [-0.1, -0.05) is 0 Å². The van der Waals surface area contributed by atoms with E-state index in [0.717, 1.165) is 0 Å². The molecule has 5 nitrogen and oxygen atoms in total. The molecule has 0 amide bonds. The van der Waals surface area contributed by atoms with E-state index in [1.54, 1.807) is 0 Å². The molecular weight excluding hydrogens is 325 g/mol. The third kappa shape index (κ3) is 2.54. The molecule has 1 heterocycles. The van der Waals surface area contributed by atoms with Crippen LogP contribution in [0.3, 0.4) is 0 Å². The van der Waals surface area contributed by atoms with Crippen LogP contribution in [0.4, 0.5) is 10.1 Å². The number of benzene rings is 1. The van der Waals surface area contributed by atoms with Crippen LogP contribution in [0.1, 0.15) is 0 Å². The summed E-state index contributed by atoms with van der Waals surface area (Å²) in [6.45, 7) is 0. The molecule has 0 aliphatic rings. The molecule has 0 radical (unpaired) electrons. The second-order valence-electron chi connectivity index (χ2n) is 3.53. The number of anilines is 1. The minimum absolute atomic E-state index is 0.0305. The van der Waals surface area contributed by atoms with E-state index in [1.165, 1.54) is 42.2 Å². The summed E-state index contributed by atoms with van der Waals surface area (Å²) in [4.78, 5) is 0. The van der Waals surface area contributed by atoms with Crippen molar-refractivity contribution in [3.8, 4) is 0 Å². The van der Waals surface area contributed by atoms with Gasteiger partial charge >= 0.3 is 0 Å². The van der Waals surface area contributed by atoms with Gasteiger partial charge in [-0.2, -0.15) is 13.5 Å². The summed E-state index contributed by atoms with van der Waals surface area (Å²) in [6, 6.07) is 5.24. The Bertz CT molecular complexity index is 684. The summed E-state index contributed by atoms with van der Waals surface area (Å²) >= 11 is 2.99. The minimum atomic E-state index is -3.72. The number of sulfonamides is 1. The van der Waals surface area contributed by atoms with E-state index in [1.807, 2.05) is 0 Å². The predicted molar refractivity (Wildman–Crippen MR) is 68.1 cm³/mol. The largest absolute Gasteiger partial charge is 0.279 e. The summed E-state index contributed by atoms with van der Waals surface area (Å²) in [7, 11) is -2.20. The van der Waals surface area contributed by atoms with Crippen molar-refractivity contribution in [2.24, 2.45) is 7.05 Å². The van der Waals surface area contributed by atoms with Crippen LogP contribution < -0.4 is 4.72 Å². The van der Waals surface area contributed by atoms with Gasteiger partial charge in [0.15, 0.2) is 5.03 Å². The Morgan fingerprint density at radius 3 is 2.67 bits per heavy atom. The fourth-order valence-corrected chi connectivity index (χ4v) is 2.95. The van der Waals surface area contributed by atoms with Gasteiger partial charge in [-0.25, -0.2) is 4.39 Å². The highest BCUT2D eigenvalue weighted by Crippen LogP contribution is 2.22. The Morgan fingerprint density at radius 2 is 2.11 bits per heavy atom. The third-order valence-corrected chi connectivity index (χ3v) is 4.29. The van der Waals surface area contributed by atoms with Gasteiger partial charge in [-0.05, 0) is 40.2 Å². The molecule has 0 saturated carbocycles. The highest BCUT2D eigenvalue weighted by molar-refractivity contribution is 9.10. The number of nitrogens with zero attached hydrogens (tertiary/aromatic N) is 2. The molecule has 2 rings (SSSR count). The van der Waals surface area contributed by atoms with Crippen LogP contribution >= 0.6 is 15.9 Å². The molecular formula is C10H9BrFN3O2S. The van der Waals surface area contributed by atoms with Gasteiger partial charge in [0.05, 0.1) is 16.4 Å². The van der Waals surface area contributed by atoms with Crippen molar-refractivity contribution >= 4 is 31.6 Å². The Labute approximate surface area is 112 Å². The summed E-state index contributed by atoms with van der Waals surface area (Å²) < 4.78 is 40.8. The summed E-state index contributed by atoms with van der Waals surface area (Å²) in [6.07, 6.45) is 1.38. The molecule has 0 unspecified atom stereocenters. The number of nitrogens with one attached hydrogen (secondary N) is 1. The zero-order valence-corrected chi connectivity index (χ0v) is 11.7. The average Bonchev–Trinajstić information content (AvgIpc) is 2.70. The van der Waals surface area contributed by atoms with E-state index in [-0.39, 0.29) is 15.2 Å². The molecule has 18 heavy (non-hydrogen) atoms. The average molecular weight is 334 g/mol. The fraction of sp³-hybridized carbons (Fsp3) is 0.100. The molecule has 0 fully saturated rings. The van der Waals surface area contributed by atoms with Crippen molar-refractivity contribution < 1.29 is 12.8 Å². The topological polar surface area (TPSA) is 64.0 Å². The van der Waals surface area contributed by atoms with Crippen molar-refractivity contribution in [2.45, 2.75) is 5.03 Å². The van der Waals surface area contributed by atoms with E-state index in [0.29, 0.717) is 0 Å². The highest BCUT2D eigenvalue weighted by atomic mass is 79.9. The van der Waals surface area contributed by atoms with Gasteiger partial charge < -0.3 is 0 Å². The first-order valence-corrected chi connectivity index (χ1v) is 7.13. The quantitative estimate of drug-likeness (QED) is 0.935. The van der Waals surface area contributed by atoms with Gasteiger partial charge in [0, 0.05) is 7.05 Å². The molecule has 0 aliphatic heterocycles. The number of aromatic nitrogens is 2. The Balaban J connectivity index is 2.34. The Morgan fingerprint density at radius 1 is 1.39 bits per heavy atom. The van der Waals surface area contributed by atoms with E-state index >= 15 is 0 Å². The molecule has 0 atom stereocenters. The lowest BCUT2D eigenvalue weighted by atomic mass is 10.3. The van der Waals surface area contributed by atoms with Gasteiger partial charge in [0.1, 0.15) is 5.82 Å². The molecule has 1 aromatic carbocycles. The Hall–Kier alpha value is -1.41. The smallest absolute Gasteiger partial charge is 0.278 e. The maximum absolute atomic E-state index is 13.0. The maximum Gasteiger partial charge on any atom is 0.279 e. The first-order valence-electron chi connectivity index (χ1n) is 4.86. The molecule has 2 aromatic rings. The number of rotatable bonds is 3. The van der Waals surface area contributed by atoms with E-state index in [4.69, 9.17) is 0 Å². The maximum atomic E-state index is 13.0. The van der Waals surface area contributed by atoms with E-state index in [2.05, 4.69) is 25.8 Å². The number of hydrogen-bond acceptors (Lipinski definition) is 3. The zero-order chi connectivity index (χ0) is 13.3. The number of hydrogen-bond donors (Lipinski definition) is 1. The molecule has 0 spiro atoms. The lowest BCUT2D eigenvalue weighted by Gasteiger charge is -2.08.